The van der Waals surface area contributed by atoms with Crippen LogP contribution in [-0.2, 0) is 6.42 Å². The van der Waals surface area contributed by atoms with Crippen LogP contribution in [0.25, 0.3) is 71.9 Å². The minimum Gasteiger partial charge on any atom is -0.456 e. The number of allylic oxidation sites excluding steroid dienone is 1. The summed E-state index contributed by atoms with van der Waals surface area (Å²) in [5.41, 5.74) is 13.8. The minimum absolute atomic E-state index is 0.815. The lowest BCUT2D eigenvalue weighted by Gasteiger charge is -2.30. The number of rotatable bonds is 6. The largest absolute Gasteiger partial charge is 0.456 e. The van der Waals surface area contributed by atoms with Gasteiger partial charge in [0.25, 0.3) is 0 Å². The van der Waals surface area contributed by atoms with Gasteiger partial charge in [0.1, 0.15) is 33.5 Å². The van der Waals surface area contributed by atoms with Crippen LogP contribution in [0.1, 0.15) is 17.5 Å². The van der Waals surface area contributed by atoms with Gasteiger partial charge in [-0.2, -0.15) is 0 Å². The maximum atomic E-state index is 6.97. The first-order chi connectivity index (χ1) is 28.2. The Morgan fingerprint density at radius 1 is 0.368 bits per heavy atom. The number of fused-ring (bicyclic) bond motifs is 10. The van der Waals surface area contributed by atoms with Crippen molar-refractivity contribution in [1.29, 1.82) is 0 Å². The Balaban J connectivity index is 1.17. The van der Waals surface area contributed by atoms with Crippen LogP contribution in [0.2, 0.25) is 0 Å². The molecule has 5 nitrogen and oxygen atoms in total. The number of furan rings is 3. The predicted octanol–water partition coefficient (Wildman–Crippen LogP) is 15.3. The second-order valence-electron chi connectivity index (χ2n) is 14.8. The lowest BCUT2D eigenvalue weighted by atomic mass is 9.95. The van der Waals surface area contributed by atoms with Gasteiger partial charge in [0.05, 0.1) is 16.8 Å². The molecule has 0 fully saturated rings. The van der Waals surface area contributed by atoms with Crippen molar-refractivity contribution >= 4 is 106 Å². The molecule has 0 aliphatic heterocycles. The smallest absolute Gasteiger partial charge is 0.139 e. The Kier molecular flexibility index (Phi) is 6.99. The number of anilines is 6. The van der Waals surface area contributed by atoms with Crippen LogP contribution in [0.15, 0.2) is 189 Å². The van der Waals surface area contributed by atoms with Gasteiger partial charge in [-0.25, -0.2) is 0 Å². The normalized spacial score (nSPS) is 12.7. The second kappa shape index (κ2) is 12.5. The molecule has 8 aromatic carbocycles. The molecule has 3 heterocycles. The summed E-state index contributed by atoms with van der Waals surface area (Å²) in [6, 6.07) is 59.8. The number of hydrogen-bond acceptors (Lipinski definition) is 5. The molecule has 0 saturated heterocycles. The predicted molar refractivity (Wildman–Crippen MR) is 235 cm³/mol. The number of nitrogens with zero attached hydrogens (tertiary/aromatic N) is 2. The topological polar surface area (TPSA) is 45.9 Å². The van der Waals surface area contributed by atoms with Gasteiger partial charge in [0.15, 0.2) is 0 Å². The summed E-state index contributed by atoms with van der Waals surface area (Å²) in [4.78, 5) is 4.69. The van der Waals surface area contributed by atoms with Crippen LogP contribution in [0, 0.1) is 0 Å². The molecular formula is C52H34N2O3. The van der Waals surface area contributed by atoms with Gasteiger partial charge < -0.3 is 23.1 Å². The molecule has 0 radical (unpaired) electrons. The van der Waals surface area contributed by atoms with E-state index in [1.54, 1.807) is 0 Å². The SMILES string of the molecule is C1=Cc2cc3c(cc2CC1)oc1cc(N(c2ccccc2)c2ccc4oc5ccccc5c4c2)cc(N(c2ccccc2)c2ccc4oc5ccccc5c4c2)c13. The highest BCUT2D eigenvalue weighted by Crippen LogP contribution is 2.49. The molecule has 1 aliphatic carbocycles. The Morgan fingerprint density at radius 3 is 1.60 bits per heavy atom. The van der Waals surface area contributed by atoms with Gasteiger partial charge in [-0.15, -0.1) is 0 Å². The third-order valence-corrected chi connectivity index (χ3v) is 11.4. The summed E-state index contributed by atoms with van der Waals surface area (Å²) in [6.07, 6.45) is 6.56. The molecule has 0 amide bonds. The van der Waals surface area contributed by atoms with Gasteiger partial charge in [0, 0.05) is 55.7 Å². The van der Waals surface area contributed by atoms with E-state index in [1.807, 2.05) is 24.3 Å². The zero-order chi connectivity index (χ0) is 37.5. The molecule has 0 atom stereocenters. The summed E-state index contributed by atoms with van der Waals surface area (Å²) in [6.45, 7) is 0. The first-order valence-electron chi connectivity index (χ1n) is 19.5. The molecule has 270 valence electrons. The van der Waals surface area contributed by atoms with Crippen LogP contribution in [-0.4, -0.2) is 0 Å². The molecule has 3 aromatic heterocycles. The van der Waals surface area contributed by atoms with Crippen molar-refractivity contribution in [2.24, 2.45) is 0 Å². The Labute approximate surface area is 327 Å². The van der Waals surface area contributed by atoms with E-state index in [9.17, 15) is 0 Å². The van der Waals surface area contributed by atoms with Crippen LogP contribution in [0.5, 0.6) is 0 Å². The second-order valence-corrected chi connectivity index (χ2v) is 14.8. The number of benzene rings is 8. The molecule has 0 N–H and O–H groups in total. The van der Waals surface area contributed by atoms with Gasteiger partial charge in [-0.05, 0) is 115 Å². The van der Waals surface area contributed by atoms with E-state index >= 15 is 0 Å². The highest BCUT2D eigenvalue weighted by molar-refractivity contribution is 6.16. The highest BCUT2D eigenvalue weighted by atomic mass is 16.3. The van der Waals surface area contributed by atoms with Crippen molar-refractivity contribution in [2.75, 3.05) is 9.80 Å². The number of para-hydroxylation sites is 4. The quantitative estimate of drug-likeness (QED) is 0.170. The van der Waals surface area contributed by atoms with Crippen LogP contribution in [0.3, 0.4) is 0 Å². The van der Waals surface area contributed by atoms with E-state index in [1.165, 1.54) is 11.1 Å². The summed E-state index contributed by atoms with van der Waals surface area (Å²) >= 11 is 0. The van der Waals surface area contributed by atoms with Crippen molar-refractivity contribution in [3.63, 3.8) is 0 Å². The van der Waals surface area contributed by atoms with Crippen molar-refractivity contribution in [2.45, 2.75) is 12.8 Å². The van der Waals surface area contributed by atoms with E-state index in [4.69, 9.17) is 13.3 Å². The lowest BCUT2D eigenvalue weighted by Crippen LogP contribution is -2.13. The average molecular weight is 735 g/mol. The van der Waals surface area contributed by atoms with E-state index in [0.717, 1.165) is 113 Å². The van der Waals surface area contributed by atoms with Crippen molar-refractivity contribution < 1.29 is 13.3 Å². The summed E-state index contributed by atoms with van der Waals surface area (Å²) in [5, 5.41) is 6.46. The van der Waals surface area contributed by atoms with Gasteiger partial charge in [0.2, 0.25) is 0 Å². The number of aryl methyl sites for hydroxylation is 1. The van der Waals surface area contributed by atoms with E-state index in [2.05, 4.69) is 168 Å². The minimum atomic E-state index is 0.815. The molecule has 1 aliphatic rings. The molecule has 0 unspecified atom stereocenters. The molecule has 0 saturated carbocycles. The van der Waals surface area contributed by atoms with Crippen molar-refractivity contribution in [1.82, 2.24) is 0 Å². The molecule has 57 heavy (non-hydrogen) atoms. The lowest BCUT2D eigenvalue weighted by molar-refractivity contribution is 0.667. The third-order valence-electron chi connectivity index (χ3n) is 11.4. The third kappa shape index (κ3) is 5.09. The zero-order valence-electron chi connectivity index (χ0n) is 30.9. The fraction of sp³-hybridized carbons (Fsp3) is 0.0385. The van der Waals surface area contributed by atoms with E-state index in [-0.39, 0.29) is 0 Å². The molecule has 0 bridgehead atoms. The first-order valence-corrected chi connectivity index (χ1v) is 19.5. The summed E-state index contributed by atoms with van der Waals surface area (Å²) in [7, 11) is 0. The summed E-state index contributed by atoms with van der Waals surface area (Å²) in [5.74, 6) is 0. The molecule has 12 rings (SSSR count). The van der Waals surface area contributed by atoms with E-state index in [0.29, 0.717) is 0 Å². The fourth-order valence-electron chi connectivity index (χ4n) is 8.84. The Morgan fingerprint density at radius 2 is 0.930 bits per heavy atom. The average Bonchev–Trinajstić information content (AvgIpc) is 3.94. The Hall–Kier alpha value is -7.50. The van der Waals surface area contributed by atoms with Crippen molar-refractivity contribution in [3.8, 4) is 0 Å². The fourth-order valence-corrected chi connectivity index (χ4v) is 8.84. The molecule has 5 heteroatoms. The molecular weight excluding hydrogens is 701 g/mol. The molecule has 0 spiro atoms. The van der Waals surface area contributed by atoms with Crippen LogP contribution >= 0.6 is 0 Å². The molecule has 11 aromatic rings. The van der Waals surface area contributed by atoms with Crippen LogP contribution < -0.4 is 9.80 Å². The van der Waals surface area contributed by atoms with E-state index < -0.39 is 0 Å². The Bertz CT molecular complexity index is 3370. The monoisotopic (exact) mass is 734 g/mol. The maximum absolute atomic E-state index is 6.97. The van der Waals surface area contributed by atoms with Gasteiger partial charge in [-0.3, -0.25) is 0 Å². The van der Waals surface area contributed by atoms with Crippen LogP contribution in [0.4, 0.5) is 34.1 Å². The zero-order valence-corrected chi connectivity index (χ0v) is 30.9. The highest BCUT2D eigenvalue weighted by Gasteiger charge is 2.25. The van der Waals surface area contributed by atoms with Gasteiger partial charge >= 0.3 is 0 Å². The van der Waals surface area contributed by atoms with Gasteiger partial charge in [-0.1, -0.05) is 84.9 Å². The van der Waals surface area contributed by atoms with Crippen molar-refractivity contribution in [3.05, 3.63) is 187 Å². The summed E-state index contributed by atoms with van der Waals surface area (Å²) < 4.78 is 19.6. The first kappa shape index (κ1) is 31.8. The maximum Gasteiger partial charge on any atom is 0.139 e. The number of hydrogen-bond donors (Lipinski definition) is 0. The standard InChI is InChI=1S/C52H34N2O3/c1-3-15-35(16-4-1)53(37-23-25-48-42(29-37)40-19-9-11-21-46(40)55-48)39-31-45(52-44-27-33-13-7-8-14-34(33)28-50(44)57-51(52)32-39)54(36-17-5-2-6-18-36)38-24-26-49-43(30-38)41-20-10-12-22-47(41)56-49/h1-7,9-13,15-32H,8,14H2.